The van der Waals surface area contributed by atoms with Crippen molar-refractivity contribution in [2.24, 2.45) is 5.92 Å². The fourth-order valence-corrected chi connectivity index (χ4v) is 2.71. The SMILES string of the molecule is COc1cc(N)cc(OC)c1CC1CCCC1. The lowest BCUT2D eigenvalue weighted by Crippen LogP contribution is -2.04. The number of hydrogen-bond donors (Lipinski definition) is 1. The number of ether oxygens (including phenoxy) is 2. The lowest BCUT2D eigenvalue weighted by Gasteiger charge is -2.17. The van der Waals surface area contributed by atoms with Crippen LogP contribution in [0.5, 0.6) is 11.5 Å². The van der Waals surface area contributed by atoms with Crippen molar-refractivity contribution in [2.45, 2.75) is 32.1 Å². The smallest absolute Gasteiger partial charge is 0.127 e. The van der Waals surface area contributed by atoms with Gasteiger partial charge in [0.1, 0.15) is 11.5 Å². The second kappa shape index (κ2) is 5.30. The maximum atomic E-state index is 5.83. The Bertz CT molecular complexity index is 359. The van der Waals surface area contributed by atoms with Crippen molar-refractivity contribution < 1.29 is 9.47 Å². The Kier molecular flexibility index (Phi) is 3.77. The van der Waals surface area contributed by atoms with Crippen LogP contribution >= 0.6 is 0 Å². The van der Waals surface area contributed by atoms with Gasteiger partial charge in [-0.2, -0.15) is 0 Å². The van der Waals surface area contributed by atoms with Gasteiger partial charge in [-0.15, -0.1) is 0 Å². The molecule has 0 aromatic heterocycles. The number of benzene rings is 1. The Morgan fingerprint density at radius 2 is 1.65 bits per heavy atom. The van der Waals surface area contributed by atoms with Crippen LogP contribution < -0.4 is 15.2 Å². The van der Waals surface area contributed by atoms with Crippen LogP contribution in [0.4, 0.5) is 5.69 Å². The van der Waals surface area contributed by atoms with Crippen LogP contribution in [0.15, 0.2) is 12.1 Å². The Morgan fingerprint density at radius 3 is 2.12 bits per heavy atom. The summed E-state index contributed by atoms with van der Waals surface area (Å²) in [5.74, 6) is 2.48. The average molecular weight is 235 g/mol. The summed E-state index contributed by atoms with van der Waals surface area (Å²) >= 11 is 0. The molecule has 0 saturated heterocycles. The highest BCUT2D eigenvalue weighted by atomic mass is 16.5. The summed E-state index contributed by atoms with van der Waals surface area (Å²) < 4.78 is 10.8. The summed E-state index contributed by atoms with van der Waals surface area (Å²) in [7, 11) is 3.37. The van der Waals surface area contributed by atoms with E-state index in [1.807, 2.05) is 12.1 Å². The number of hydrogen-bond acceptors (Lipinski definition) is 3. The van der Waals surface area contributed by atoms with Crippen molar-refractivity contribution in [2.75, 3.05) is 20.0 Å². The van der Waals surface area contributed by atoms with E-state index in [1.165, 1.54) is 25.7 Å². The minimum atomic E-state index is 0.689. The van der Waals surface area contributed by atoms with Gasteiger partial charge in [0.05, 0.1) is 14.2 Å². The molecule has 3 heteroatoms. The Morgan fingerprint density at radius 1 is 1.12 bits per heavy atom. The molecule has 0 bridgehead atoms. The van der Waals surface area contributed by atoms with Gasteiger partial charge in [0, 0.05) is 23.4 Å². The zero-order chi connectivity index (χ0) is 12.3. The molecule has 0 spiro atoms. The molecule has 3 nitrogen and oxygen atoms in total. The highest BCUT2D eigenvalue weighted by molar-refractivity contribution is 5.56. The fraction of sp³-hybridized carbons (Fsp3) is 0.571. The molecule has 2 N–H and O–H groups in total. The molecule has 17 heavy (non-hydrogen) atoms. The summed E-state index contributed by atoms with van der Waals surface area (Å²) in [5.41, 5.74) is 7.68. The highest BCUT2D eigenvalue weighted by Gasteiger charge is 2.20. The van der Waals surface area contributed by atoms with Crippen LogP contribution in [0, 0.1) is 5.92 Å². The quantitative estimate of drug-likeness (QED) is 0.816. The van der Waals surface area contributed by atoms with Crippen molar-refractivity contribution >= 4 is 5.69 Å². The second-order valence-electron chi connectivity index (χ2n) is 4.76. The Balaban J connectivity index is 2.28. The monoisotopic (exact) mass is 235 g/mol. The highest BCUT2D eigenvalue weighted by Crippen LogP contribution is 2.37. The normalized spacial score (nSPS) is 16.1. The van der Waals surface area contributed by atoms with Crippen LogP contribution in [0.3, 0.4) is 0 Å². The minimum absolute atomic E-state index is 0.689. The lowest BCUT2D eigenvalue weighted by atomic mass is 9.96. The molecular weight excluding hydrogens is 214 g/mol. The molecule has 1 fully saturated rings. The van der Waals surface area contributed by atoms with E-state index in [0.29, 0.717) is 5.69 Å². The summed E-state index contributed by atoms with van der Waals surface area (Å²) in [4.78, 5) is 0. The molecule has 1 aliphatic rings. The van der Waals surface area contributed by atoms with E-state index in [9.17, 15) is 0 Å². The van der Waals surface area contributed by atoms with Gasteiger partial charge in [-0.3, -0.25) is 0 Å². The molecular formula is C14H21NO2. The molecule has 0 heterocycles. The average Bonchev–Trinajstić information content (AvgIpc) is 2.83. The molecule has 0 unspecified atom stereocenters. The zero-order valence-electron chi connectivity index (χ0n) is 10.7. The lowest BCUT2D eigenvalue weighted by molar-refractivity contribution is 0.378. The molecule has 1 aliphatic carbocycles. The second-order valence-corrected chi connectivity index (χ2v) is 4.76. The zero-order valence-corrected chi connectivity index (χ0v) is 10.7. The largest absolute Gasteiger partial charge is 0.496 e. The first-order chi connectivity index (χ1) is 8.24. The van der Waals surface area contributed by atoms with Gasteiger partial charge >= 0.3 is 0 Å². The van der Waals surface area contributed by atoms with E-state index in [0.717, 1.165) is 29.4 Å². The number of methoxy groups -OCH3 is 2. The van der Waals surface area contributed by atoms with Crippen molar-refractivity contribution in [3.8, 4) is 11.5 Å². The van der Waals surface area contributed by atoms with E-state index >= 15 is 0 Å². The third-order valence-electron chi connectivity index (χ3n) is 3.60. The molecule has 0 atom stereocenters. The van der Waals surface area contributed by atoms with E-state index < -0.39 is 0 Å². The fourth-order valence-electron chi connectivity index (χ4n) is 2.71. The van der Waals surface area contributed by atoms with Crippen LogP contribution in [0.2, 0.25) is 0 Å². The van der Waals surface area contributed by atoms with Gasteiger partial charge in [-0.05, 0) is 12.3 Å². The molecule has 0 amide bonds. The third kappa shape index (κ3) is 2.65. The van der Waals surface area contributed by atoms with Gasteiger partial charge in [0.25, 0.3) is 0 Å². The topological polar surface area (TPSA) is 44.5 Å². The van der Waals surface area contributed by atoms with Gasteiger partial charge in [0.2, 0.25) is 0 Å². The molecule has 0 aliphatic heterocycles. The molecule has 1 aromatic rings. The van der Waals surface area contributed by atoms with Crippen molar-refractivity contribution in [3.63, 3.8) is 0 Å². The minimum Gasteiger partial charge on any atom is -0.496 e. The first-order valence-corrected chi connectivity index (χ1v) is 6.25. The summed E-state index contributed by atoms with van der Waals surface area (Å²) in [6, 6.07) is 3.76. The summed E-state index contributed by atoms with van der Waals surface area (Å²) in [6.07, 6.45) is 6.37. The van der Waals surface area contributed by atoms with Crippen LogP contribution in [0.1, 0.15) is 31.2 Å². The Hall–Kier alpha value is -1.38. The standard InChI is InChI=1S/C14H21NO2/c1-16-13-8-11(15)9-14(17-2)12(13)7-10-5-3-4-6-10/h8-10H,3-7,15H2,1-2H3. The summed E-state index contributed by atoms with van der Waals surface area (Å²) in [5, 5.41) is 0. The third-order valence-corrected chi connectivity index (χ3v) is 3.60. The van der Waals surface area contributed by atoms with Crippen LogP contribution in [-0.4, -0.2) is 14.2 Å². The number of anilines is 1. The van der Waals surface area contributed by atoms with Crippen molar-refractivity contribution in [1.29, 1.82) is 0 Å². The van der Waals surface area contributed by atoms with Crippen LogP contribution in [0.25, 0.3) is 0 Å². The van der Waals surface area contributed by atoms with Crippen molar-refractivity contribution in [3.05, 3.63) is 17.7 Å². The van der Waals surface area contributed by atoms with Crippen molar-refractivity contribution in [1.82, 2.24) is 0 Å². The molecule has 94 valence electrons. The van der Waals surface area contributed by atoms with E-state index in [4.69, 9.17) is 15.2 Å². The number of nitrogen functional groups attached to an aromatic ring is 1. The number of nitrogens with two attached hydrogens (primary N) is 1. The van der Waals surface area contributed by atoms with E-state index in [1.54, 1.807) is 14.2 Å². The molecule has 1 saturated carbocycles. The molecule has 1 aromatic carbocycles. The maximum Gasteiger partial charge on any atom is 0.127 e. The van der Waals surface area contributed by atoms with Gasteiger partial charge in [-0.25, -0.2) is 0 Å². The van der Waals surface area contributed by atoms with E-state index in [-0.39, 0.29) is 0 Å². The first kappa shape index (κ1) is 12.1. The maximum absolute atomic E-state index is 5.83. The Labute approximate surface area is 103 Å². The predicted octanol–water partition coefficient (Wildman–Crippen LogP) is 3.02. The van der Waals surface area contributed by atoms with Gasteiger partial charge in [0.15, 0.2) is 0 Å². The molecule has 2 rings (SSSR count). The number of rotatable bonds is 4. The predicted molar refractivity (Wildman–Crippen MR) is 69.6 cm³/mol. The van der Waals surface area contributed by atoms with Gasteiger partial charge < -0.3 is 15.2 Å². The van der Waals surface area contributed by atoms with Gasteiger partial charge in [-0.1, -0.05) is 25.7 Å². The molecule has 0 radical (unpaired) electrons. The van der Waals surface area contributed by atoms with Crippen LogP contribution in [-0.2, 0) is 6.42 Å². The summed E-state index contributed by atoms with van der Waals surface area (Å²) in [6.45, 7) is 0. The first-order valence-electron chi connectivity index (χ1n) is 6.25. The van der Waals surface area contributed by atoms with E-state index in [2.05, 4.69) is 0 Å².